The van der Waals surface area contributed by atoms with Gasteiger partial charge < -0.3 is 9.47 Å². The van der Waals surface area contributed by atoms with E-state index in [1.165, 1.54) is 0 Å². The van der Waals surface area contributed by atoms with Crippen molar-refractivity contribution in [2.75, 3.05) is 6.61 Å². The zero-order valence-electron chi connectivity index (χ0n) is 10.4. The number of benzene rings is 1. The minimum Gasteiger partial charge on any atom is -0.343 e. The molecule has 6 nitrogen and oxygen atoms in total. The van der Waals surface area contributed by atoms with E-state index in [2.05, 4.69) is 0 Å². The van der Waals surface area contributed by atoms with Crippen LogP contribution < -0.4 is 0 Å². The van der Waals surface area contributed by atoms with E-state index in [0.29, 0.717) is 11.1 Å². The van der Waals surface area contributed by atoms with E-state index in [0.717, 1.165) is 4.90 Å². The topological polar surface area (TPSA) is 72.9 Å². The molecule has 3 atom stereocenters. The predicted octanol–water partition coefficient (Wildman–Crippen LogP) is 0.366. The van der Waals surface area contributed by atoms with Crippen LogP contribution in [0.5, 0.6) is 0 Å². The largest absolute Gasteiger partial charge is 0.343 e. The SMILES string of the molecule is O=C1C[C@H](N2C(=O)c3ccccc3C2=O)[C@@H]2CO[C@H]1O2. The number of nitrogens with zero attached hydrogens (tertiary/aromatic N) is 1. The lowest BCUT2D eigenvalue weighted by atomic mass is 10.0. The molecule has 4 rings (SSSR count). The quantitative estimate of drug-likeness (QED) is 0.691. The van der Waals surface area contributed by atoms with Crippen LogP contribution in [0.1, 0.15) is 27.1 Å². The molecule has 6 heteroatoms. The lowest BCUT2D eigenvalue weighted by molar-refractivity contribution is -0.156. The van der Waals surface area contributed by atoms with Gasteiger partial charge in [0.25, 0.3) is 11.8 Å². The van der Waals surface area contributed by atoms with Crippen LogP contribution in [-0.4, -0.2) is 47.5 Å². The molecule has 2 fully saturated rings. The molecule has 1 aromatic rings. The van der Waals surface area contributed by atoms with Gasteiger partial charge in [-0.15, -0.1) is 0 Å². The van der Waals surface area contributed by atoms with Crippen molar-refractivity contribution in [2.45, 2.75) is 24.9 Å². The number of hydrogen-bond acceptors (Lipinski definition) is 5. The summed E-state index contributed by atoms with van der Waals surface area (Å²) in [6, 6.07) is 6.09. The number of Topliss-reactive ketones (excluding diaryl/α,β-unsaturated/α-hetero) is 1. The third kappa shape index (κ3) is 1.43. The number of hydrogen-bond donors (Lipinski definition) is 0. The number of imide groups is 1. The highest BCUT2D eigenvalue weighted by atomic mass is 16.7. The summed E-state index contributed by atoms with van der Waals surface area (Å²) >= 11 is 0. The Hall–Kier alpha value is -2.05. The van der Waals surface area contributed by atoms with Gasteiger partial charge in [-0.2, -0.15) is 0 Å². The summed E-state index contributed by atoms with van der Waals surface area (Å²) in [7, 11) is 0. The average molecular weight is 273 g/mol. The van der Waals surface area contributed by atoms with Gasteiger partial charge in [0.05, 0.1) is 23.8 Å². The van der Waals surface area contributed by atoms with E-state index in [9.17, 15) is 14.4 Å². The Labute approximate surface area is 114 Å². The standard InChI is InChI=1S/C14H11NO5/c16-10-5-9(11-6-19-14(10)20-11)15-12(17)7-3-1-2-4-8(7)13(15)18/h1-4,9,11,14H,5-6H2/t9-,11-,14-/m0/s1. The Morgan fingerprint density at radius 2 is 1.70 bits per heavy atom. The van der Waals surface area contributed by atoms with Crippen LogP contribution in [0.15, 0.2) is 24.3 Å². The van der Waals surface area contributed by atoms with Gasteiger partial charge >= 0.3 is 0 Å². The molecule has 2 bridgehead atoms. The van der Waals surface area contributed by atoms with Crippen molar-refractivity contribution in [3.05, 3.63) is 35.4 Å². The van der Waals surface area contributed by atoms with Gasteiger partial charge in [0, 0.05) is 6.42 Å². The molecule has 0 radical (unpaired) electrons. The molecule has 2 amide bonds. The van der Waals surface area contributed by atoms with Crippen molar-refractivity contribution in [3.8, 4) is 0 Å². The molecule has 0 spiro atoms. The van der Waals surface area contributed by atoms with Gasteiger partial charge in [0.15, 0.2) is 5.78 Å². The summed E-state index contributed by atoms with van der Waals surface area (Å²) in [5.41, 5.74) is 0.761. The molecule has 3 aliphatic rings. The first-order valence-corrected chi connectivity index (χ1v) is 6.43. The molecule has 3 aliphatic heterocycles. The molecular formula is C14H11NO5. The maximum Gasteiger partial charge on any atom is 0.261 e. The Balaban J connectivity index is 1.72. The fourth-order valence-corrected chi connectivity index (χ4v) is 2.99. The fourth-order valence-electron chi connectivity index (χ4n) is 2.99. The summed E-state index contributed by atoms with van der Waals surface area (Å²) in [5, 5.41) is 0. The second-order valence-corrected chi connectivity index (χ2v) is 5.10. The molecule has 0 N–H and O–H groups in total. The van der Waals surface area contributed by atoms with Crippen LogP contribution in [0.3, 0.4) is 0 Å². The third-order valence-electron chi connectivity index (χ3n) is 3.97. The van der Waals surface area contributed by atoms with Crippen LogP contribution in [0.25, 0.3) is 0 Å². The molecule has 0 saturated carbocycles. The van der Waals surface area contributed by atoms with Gasteiger partial charge in [-0.3, -0.25) is 19.3 Å². The van der Waals surface area contributed by atoms with Gasteiger partial charge in [-0.25, -0.2) is 0 Å². The zero-order chi connectivity index (χ0) is 13.9. The number of ketones is 1. The summed E-state index contributed by atoms with van der Waals surface area (Å²) < 4.78 is 10.6. The van der Waals surface area contributed by atoms with Gasteiger partial charge in [-0.1, -0.05) is 12.1 Å². The second kappa shape index (κ2) is 3.97. The lowest BCUT2D eigenvalue weighted by Crippen LogP contribution is -2.52. The van der Waals surface area contributed by atoms with Crippen LogP contribution >= 0.6 is 0 Å². The van der Waals surface area contributed by atoms with Crippen molar-refractivity contribution in [1.82, 2.24) is 4.90 Å². The molecule has 2 saturated heterocycles. The van der Waals surface area contributed by atoms with E-state index in [-0.39, 0.29) is 30.6 Å². The maximum atomic E-state index is 12.4. The monoisotopic (exact) mass is 273 g/mol. The van der Waals surface area contributed by atoms with E-state index in [4.69, 9.17) is 9.47 Å². The van der Waals surface area contributed by atoms with Gasteiger partial charge in [0.1, 0.15) is 6.10 Å². The van der Waals surface area contributed by atoms with Crippen molar-refractivity contribution >= 4 is 17.6 Å². The third-order valence-corrected chi connectivity index (χ3v) is 3.97. The van der Waals surface area contributed by atoms with Crippen LogP contribution in [0.2, 0.25) is 0 Å². The highest BCUT2D eigenvalue weighted by Crippen LogP contribution is 2.33. The van der Waals surface area contributed by atoms with Gasteiger partial charge in [-0.05, 0) is 12.1 Å². The lowest BCUT2D eigenvalue weighted by Gasteiger charge is -2.32. The maximum absolute atomic E-state index is 12.4. The van der Waals surface area contributed by atoms with Crippen molar-refractivity contribution in [3.63, 3.8) is 0 Å². The molecule has 102 valence electrons. The molecule has 20 heavy (non-hydrogen) atoms. The molecule has 0 aliphatic carbocycles. The highest BCUT2D eigenvalue weighted by Gasteiger charge is 2.50. The number of rotatable bonds is 1. The van der Waals surface area contributed by atoms with E-state index in [1.54, 1.807) is 24.3 Å². The van der Waals surface area contributed by atoms with E-state index in [1.807, 2.05) is 0 Å². The van der Waals surface area contributed by atoms with E-state index >= 15 is 0 Å². The van der Waals surface area contributed by atoms with Crippen molar-refractivity contribution < 1.29 is 23.9 Å². The fraction of sp³-hybridized carbons (Fsp3) is 0.357. The van der Waals surface area contributed by atoms with Gasteiger partial charge in [0.2, 0.25) is 6.29 Å². The van der Waals surface area contributed by atoms with Crippen LogP contribution in [-0.2, 0) is 14.3 Å². The van der Waals surface area contributed by atoms with Crippen molar-refractivity contribution in [2.24, 2.45) is 0 Å². The predicted molar refractivity (Wildman–Crippen MR) is 65.0 cm³/mol. The zero-order valence-corrected chi connectivity index (χ0v) is 10.4. The average Bonchev–Trinajstić information content (AvgIpc) is 2.99. The first kappa shape index (κ1) is 11.7. The molecule has 1 aromatic carbocycles. The smallest absolute Gasteiger partial charge is 0.261 e. The minimum absolute atomic E-state index is 0.0980. The van der Waals surface area contributed by atoms with Crippen molar-refractivity contribution in [1.29, 1.82) is 0 Å². The summed E-state index contributed by atoms with van der Waals surface area (Å²) in [5.74, 6) is -0.949. The first-order valence-electron chi connectivity index (χ1n) is 6.43. The summed E-state index contributed by atoms with van der Waals surface area (Å²) in [6.45, 7) is 0.231. The Bertz CT molecular complexity index is 605. The number of amides is 2. The highest BCUT2D eigenvalue weighted by molar-refractivity contribution is 6.21. The molecular weight excluding hydrogens is 262 g/mol. The Morgan fingerprint density at radius 3 is 2.35 bits per heavy atom. The number of ether oxygens (including phenoxy) is 2. The number of carbonyl (C=O) groups excluding carboxylic acids is 3. The van der Waals surface area contributed by atoms with Crippen LogP contribution in [0, 0.1) is 0 Å². The summed E-state index contributed by atoms with van der Waals surface area (Å²) in [4.78, 5) is 37.7. The minimum atomic E-state index is -0.827. The van der Waals surface area contributed by atoms with E-state index < -0.39 is 18.4 Å². The number of fused-ring (bicyclic) bond motifs is 3. The first-order chi connectivity index (χ1) is 9.66. The van der Waals surface area contributed by atoms with Crippen LogP contribution in [0.4, 0.5) is 0 Å². The Kier molecular flexibility index (Phi) is 2.33. The summed E-state index contributed by atoms with van der Waals surface area (Å²) in [6.07, 6.45) is -1.15. The Morgan fingerprint density at radius 1 is 1.05 bits per heavy atom. The number of carbonyl (C=O) groups is 3. The second-order valence-electron chi connectivity index (χ2n) is 5.10. The molecule has 3 heterocycles. The normalized spacial score (nSPS) is 31.9. The molecule has 0 unspecified atom stereocenters. The molecule has 0 aromatic heterocycles.